The highest BCUT2D eigenvalue weighted by Gasteiger charge is 2.09. The van der Waals surface area contributed by atoms with Gasteiger partial charge < -0.3 is 9.52 Å². The summed E-state index contributed by atoms with van der Waals surface area (Å²) < 4.78 is 5.51. The molecule has 0 unspecified atom stereocenters. The van der Waals surface area contributed by atoms with Crippen molar-refractivity contribution in [1.29, 1.82) is 0 Å². The predicted molar refractivity (Wildman–Crippen MR) is 65.1 cm³/mol. The Bertz CT molecular complexity index is 710. The average Bonchev–Trinajstić information content (AvgIpc) is 2.70. The topological polar surface area (TPSA) is 50.4 Å². The Hall–Kier alpha value is -2.29. The van der Waals surface area contributed by atoms with Gasteiger partial charge in [-0.3, -0.25) is 4.79 Å². The monoisotopic (exact) mass is 226 g/mol. The van der Waals surface area contributed by atoms with Gasteiger partial charge >= 0.3 is 5.97 Å². The first kappa shape index (κ1) is 9.90. The number of carboxylic acids is 1. The summed E-state index contributed by atoms with van der Waals surface area (Å²) in [5.41, 5.74) is 0.736. The fourth-order valence-corrected chi connectivity index (χ4v) is 2.08. The van der Waals surface area contributed by atoms with E-state index in [-0.39, 0.29) is 6.42 Å². The largest absolute Gasteiger partial charge is 0.481 e. The molecule has 0 amide bonds. The number of carboxylic acid groups (broad SMARTS) is 1. The van der Waals surface area contributed by atoms with E-state index in [2.05, 4.69) is 0 Å². The number of hydrogen-bond donors (Lipinski definition) is 1. The first-order valence-electron chi connectivity index (χ1n) is 5.36. The lowest BCUT2D eigenvalue weighted by molar-refractivity contribution is -0.136. The second kappa shape index (κ2) is 3.63. The molecule has 0 spiro atoms. The molecule has 3 heteroatoms. The van der Waals surface area contributed by atoms with Gasteiger partial charge in [-0.15, -0.1) is 0 Å². The van der Waals surface area contributed by atoms with E-state index in [4.69, 9.17) is 9.52 Å². The lowest BCUT2D eigenvalue weighted by atomic mass is 10.1. The van der Waals surface area contributed by atoms with Gasteiger partial charge in [0.2, 0.25) is 0 Å². The minimum atomic E-state index is -0.881. The lowest BCUT2D eigenvalue weighted by Gasteiger charge is -1.96. The van der Waals surface area contributed by atoms with E-state index in [0.29, 0.717) is 5.76 Å². The van der Waals surface area contributed by atoms with Crippen LogP contribution >= 0.6 is 0 Å². The molecular formula is C14H10O3. The first-order valence-corrected chi connectivity index (χ1v) is 5.36. The van der Waals surface area contributed by atoms with Crippen molar-refractivity contribution in [3.8, 4) is 0 Å². The number of fused-ring (bicyclic) bond motifs is 3. The highest BCUT2D eigenvalue weighted by Crippen LogP contribution is 2.28. The molecule has 0 saturated carbocycles. The van der Waals surface area contributed by atoms with Gasteiger partial charge in [0.15, 0.2) is 0 Å². The van der Waals surface area contributed by atoms with Crippen molar-refractivity contribution in [2.24, 2.45) is 0 Å². The highest BCUT2D eigenvalue weighted by atomic mass is 16.4. The van der Waals surface area contributed by atoms with Crippen molar-refractivity contribution in [2.75, 3.05) is 0 Å². The van der Waals surface area contributed by atoms with Crippen LogP contribution in [0.15, 0.2) is 46.9 Å². The Labute approximate surface area is 97.3 Å². The van der Waals surface area contributed by atoms with E-state index < -0.39 is 5.97 Å². The summed E-state index contributed by atoms with van der Waals surface area (Å²) in [7, 11) is 0. The first-order chi connectivity index (χ1) is 8.24. The minimum absolute atomic E-state index is 0.0804. The Morgan fingerprint density at radius 2 is 1.94 bits per heavy atom. The summed E-state index contributed by atoms with van der Waals surface area (Å²) in [5, 5.41) is 11.9. The third-order valence-electron chi connectivity index (χ3n) is 2.80. The maximum Gasteiger partial charge on any atom is 0.311 e. The molecule has 1 heterocycles. The fraction of sp³-hybridized carbons (Fsp3) is 0.0714. The van der Waals surface area contributed by atoms with Gasteiger partial charge in [0, 0.05) is 5.39 Å². The zero-order chi connectivity index (χ0) is 11.8. The molecular weight excluding hydrogens is 216 g/mol. The van der Waals surface area contributed by atoms with Crippen LogP contribution in [0.5, 0.6) is 0 Å². The van der Waals surface area contributed by atoms with E-state index in [1.807, 2.05) is 42.5 Å². The Morgan fingerprint density at radius 1 is 1.12 bits per heavy atom. The van der Waals surface area contributed by atoms with E-state index in [1.54, 1.807) is 0 Å². The van der Waals surface area contributed by atoms with Crippen molar-refractivity contribution in [2.45, 2.75) is 6.42 Å². The molecule has 0 atom stereocenters. The van der Waals surface area contributed by atoms with Gasteiger partial charge in [-0.25, -0.2) is 0 Å². The summed E-state index contributed by atoms with van der Waals surface area (Å²) in [6, 6.07) is 13.6. The molecule has 0 bridgehead atoms. The average molecular weight is 226 g/mol. The molecule has 1 aromatic heterocycles. The Balaban J connectivity index is 2.27. The minimum Gasteiger partial charge on any atom is -0.481 e. The summed E-state index contributed by atoms with van der Waals surface area (Å²) in [6.45, 7) is 0. The van der Waals surface area contributed by atoms with Crippen LogP contribution in [-0.4, -0.2) is 11.1 Å². The molecule has 84 valence electrons. The van der Waals surface area contributed by atoms with Crippen molar-refractivity contribution in [3.05, 3.63) is 48.2 Å². The highest BCUT2D eigenvalue weighted by molar-refractivity contribution is 6.06. The molecule has 0 aliphatic heterocycles. The van der Waals surface area contributed by atoms with E-state index in [1.165, 1.54) is 0 Å². The number of hydrogen-bond acceptors (Lipinski definition) is 2. The van der Waals surface area contributed by atoms with Gasteiger partial charge in [-0.1, -0.05) is 30.3 Å². The number of carbonyl (C=O) groups is 1. The maximum atomic E-state index is 10.6. The van der Waals surface area contributed by atoms with Gasteiger partial charge in [0.05, 0.1) is 0 Å². The molecule has 0 aliphatic rings. The number of rotatable bonds is 2. The quantitative estimate of drug-likeness (QED) is 0.729. The van der Waals surface area contributed by atoms with Crippen LogP contribution in [0.3, 0.4) is 0 Å². The van der Waals surface area contributed by atoms with E-state index >= 15 is 0 Å². The van der Waals surface area contributed by atoms with E-state index in [0.717, 1.165) is 21.7 Å². The number of furan rings is 1. The second-order valence-corrected chi connectivity index (χ2v) is 3.98. The van der Waals surface area contributed by atoms with Crippen LogP contribution in [0.4, 0.5) is 0 Å². The van der Waals surface area contributed by atoms with Gasteiger partial charge in [-0.2, -0.15) is 0 Å². The zero-order valence-corrected chi connectivity index (χ0v) is 9.01. The van der Waals surface area contributed by atoms with Gasteiger partial charge in [0.25, 0.3) is 0 Å². The van der Waals surface area contributed by atoms with Crippen molar-refractivity contribution in [3.63, 3.8) is 0 Å². The van der Waals surface area contributed by atoms with Gasteiger partial charge in [0.1, 0.15) is 17.8 Å². The summed E-state index contributed by atoms with van der Waals surface area (Å²) in [5.74, 6) is -0.391. The van der Waals surface area contributed by atoms with Crippen LogP contribution in [0.1, 0.15) is 5.76 Å². The molecule has 3 aromatic rings. The molecule has 3 nitrogen and oxygen atoms in total. The molecule has 3 rings (SSSR count). The third-order valence-corrected chi connectivity index (χ3v) is 2.80. The molecule has 0 aliphatic carbocycles. The van der Waals surface area contributed by atoms with Crippen molar-refractivity contribution >= 4 is 27.7 Å². The van der Waals surface area contributed by atoms with Crippen LogP contribution in [0, 0.1) is 0 Å². The Morgan fingerprint density at radius 3 is 2.76 bits per heavy atom. The normalized spacial score (nSPS) is 11.1. The van der Waals surface area contributed by atoms with Gasteiger partial charge in [-0.05, 0) is 22.9 Å². The van der Waals surface area contributed by atoms with Crippen LogP contribution < -0.4 is 0 Å². The standard InChI is InChI=1S/C14H10O3/c15-14(16)8-10-7-12-11-4-2-1-3-9(11)5-6-13(12)17-10/h1-7H,8H2,(H,15,16). The molecule has 2 aromatic carbocycles. The Kier molecular flexibility index (Phi) is 2.11. The molecule has 0 radical (unpaired) electrons. The zero-order valence-electron chi connectivity index (χ0n) is 9.01. The molecule has 0 saturated heterocycles. The number of benzene rings is 2. The van der Waals surface area contributed by atoms with Crippen LogP contribution in [-0.2, 0) is 11.2 Å². The van der Waals surface area contributed by atoms with Crippen molar-refractivity contribution < 1.29 is 14.3 Å². The van der Waals surface area contributed by atoms with Crippen LogP contribution in [0.25, 0.3) is 21.7 Å². The molecule has 1 N–H and O–H groups in total. The lowest BCUT2D eigenvalue weighted by Crippen LogP contribution is -1.97. The van der Waals surface area contributed by atoms with Crippen LogP contribution in [0.2, 0.25) is 0 Å². The summed E-state index contributed by atoms with van der Waals surface area (Å²) in [4.78, 5) is 10.6. The SMILES string of the molecule is O=C(O)Cc1cc2c(ccc3ccccc32)o1. The maximum absolute atomic E-state index is 10.6. The summed E-state index contributed by atoms with van der Waals surface area (Å²) >= 11 is 0. The van der Waals surface area contributed by atoms with Crippen molar-refractivity contribution in [1.82, 2.24) is 0 Å². The van der Waals surface area contributed by atoms with E-state index in [9.17, 15) is 4.79 Å². The molecule has 17 heavy (non-hydrogen) atoms. The second-order valence-electron chi connectivity index (χ2n) is 3.98. The smallest absolute Gasteiger partial charge is 0.311 e. The third kappa shape index (κ3) is 1.65. The summed E-state index contributed by atoms with van der Waals surface area (Å²) in [6.07, 6.45) is -0.0804. The predicted octanol–water partition coefficient (Wildman–Crippen LogP) is 3.21. The fourth-order valence-electron chi connectivity index (χ4n) is 2.08. The molecule has 0 fully saturated rings. The number of aliphatic carboxylic acids is 1.